The number of hydrogen-bond donors (Lipinski definition) is 1. The molecule has 0 saturated heterocycles. The van der Waals surface area contributed by atoms with Crippen LogP contribution in [0.2, 0.25) is 0 Å². The predicted molar refractivity (Wildman–Crippen MR) is 93.2 cm³/mol. The third-order valence-electron chi connectivity index (χ3n) is 4.00. The number of hydrogen-bond acceptors (Lipinski definition) is 5. The third kappa shape index (κ3) is 4.15. The Morgan fingerprint density at radius 2 is 1.36 bits per heavy atom. The molecule has 0 bridgehead atoms. The Bertz CT molecular complexity index is 741. The van der Waals surface area contributed by atoms with E-state index in [0.717, 1.165) is 5.56 Å². The molecule has 0 heterocycles. The predicted octanol–water partition coefficient (Wildman–Crippen LogP) is 3.13. The van der Waals surface area contributed by atoms with Crippen LogP contribution in [0, 0.1) is 0 Å². The van der Waals surface area contributed by atoms with Crippen molar-refractivity contribution in [3.05, 3.63) is 47.5 Å². The van der Waals surface area contributed by atoms with Crippen LogP contribution in [0.5, 0.6) is 23.0 Å². The van der Waals surface area contributed by atoms with Crippen molar-refractivity contribution in [2.24, 2.45) is 0 Å². The van der Waals surface area contributed by atoms with Crippen LogP contribution in [0.3, 0.4) is 0 Å². The van der Waals surface area contributed by atoms with Crippen LogP contribution >= 0.6 is 0 Å². The molecule has 1 atom stereocenters. The molecule has 0 aliphatic rings. The van der Waals surface area contributed by atoms with Gasteiger partial charge < -0.3 is 24.1 Å². The lowest BCUT2D eigenvalue weighted by Crippen LogP contribution is -2.14. The highest BCUT2D eigenvalue weighted by Gasteiger charge is 2.22. The van der Waals surface area contributed by atoms with Gasteiger partial charge in [0.25, 0.3) is 0 Å². The molecule has 1 N–H and O–H groups in total. The average molecular weight is 346 g/mol. The van der Waals surface area contributed by atoms with E-state index < -0.39 is 11.9 Å². The normalized spacial score (nSPS) is 11.5. The molecule has 2 aromatic rings. The molecule has 1 unspecified atom stereocenters. The lowest BCUT2D eigenvalue weighted by molar-refractivity contribution is -0.138. The summed E-state index contributed by atoms with van der Waals surface area (Å²) in [6.45, 7) is 0. The second-order valence-electron chi connectivity index (χ2n) is 5.40. The van der Waals surface area contributed by atoms with Crippen LogP contribution < -0.4 is 18.9 Å². The van der Waals surface area contributed by atoms with E-state index in [-0.39, 0.29) is 0 Å². The molecule has 0 fully saturated rings. The summed E-state index contributed by atoms with van der Waals surface area (Å²) in [5.74, 6) is 0.584. The maximum absolute atomic E-state index is 11.8. The molecule has 0 spiro atoms. The summed E-state index contributed by atoms with van der Waals surface area (Å²) in [6.07, 6.45) is 0.311. The summed E-state index contributed by atoms with van der Waals surface area (Å²) in [6, 6.07) is 10.5. The molecular formula is C19H22O6. The van der Waals surface area contributed by atoms with Crippen LogP contribution in [0.1, 0.15) is 17.0 Å². The van der Waals surface area contributed by atoms with Gasteiger partial charge >= 0.3 is 5.97 Å². The lowest BCUT2D eigenvalue weighted by Gasteiger charge is -2.16. The maximum atomic E-state index is 11.8. The van der Waals surface area contributed by atoms with Crippen molar-refractivity contribution in [2.45, 2.75) is 12.3 Å². The summed E-state index contributed by atoms with van der Waals surface area (Å²) < 4.78 is 21.0. The van der Waals surface area contributed by atoms with Crippen molar-refractivity contribution in [1.82, 2.24) is 0 Å². The van der Waals surface area contributed by atoms with E-state index in [4.69, 9.17) is 18.9 Å². The number of carboxylic acids is 1. The minimum Gasteiger partial charge on any atom is -0.493 e. The first-order valence-electron chi connectivity index (χ1n) is 7.69. The van der Waals surface area contributed by atoms with E-state index in [1.165, 1.54) is 14.2 Å². The van der Waals surface area contributed by atoms with Gasteiger partial charge in [-0.3, -0.25) is 4.79 Å². The fourth-order valence-electron chi connectivity index (χ4n) is 2.66. The van der Waals surface area contributed by atoms with E-state index in [2.05, 4.69) is 0 Å². The molecule has 2 rings (SSSR count). The molecule has 0 amide bonds. The monoisotopic (exact) mass is 346 g/mol. The SMILES string of the molecule is COc1ccc(CC(C(=O)O)c2ccc(OC)c(OC)c2)cc1OC. The number of aliphatic carboxylic acids is 1. The zero-order chi connectivity index (χ0) is 18.4. The molecule has 25 heavy (non-hydrogen) atoms. The Kier molecular flexibility index (Phi) is 6.11. The number of ether oxygens (including phenoxy) is 4. The highest BCUT2D eigenvalue weighted by molar-refractivity contribution is 5.77. The topological polar surface area (TPSA) is 74.2 Å². The fraction of sp³-hybridized carbons (Fsp3) is 0.316. The van der Waals surface area contributed by atoms with E-state index in [1.54, 1.807) is 44.6 Å². The first-order valence-corrected chi connectivity index (χ1v) is 7.69. The Morgan fingerprint density at radius 3 is 1.88 bits per heavy atom. The van der Waals surface area contributed by atoms with E-state index in [0.29, 0.717) is 35.0 Å². The number of rotatable bonds is 8. The second kappa shape index (κ2) is 8.28. The molecule has 0 aliphatic heterocycles. The van der Waals surface area contributed by atoms with Crippen LogP contribution in [-0.4, -0.2) is 39.5 Å². The van der Waals surface area contributed by atoms with Gasteiger partial charge in [-0.1, -0.05) is 12.1 Å². The van der Waals surface area contributed by atoms with Crippen LogP contribution in [-0.2, 0) is 11.2 Å². The summed E-state index contributed by atoms with van der Waals surface area (Å²) in [5, 5.41) is 9.68. The van der Waals surface area contributed by atoms with Crippen molar-refractivity contribution in [2.75, 3.05) is 28.4 Å². The molecule has 0 aromatic heterocycles. The zero-order valence-corrected chi connectivity index (χ0v) is 14.7. The summed E-state index contributed by atoms with van der Waals surface area (Å²) >= 11 is 0. The van der Waals surface area contributed by atoms with Crippen molar-refractivity contribution in [1.29, 1.82) is 0 Å². The van der Waals surface area contributed by atoms with Gasteiger partial charge in [-0.05, 0) is 41.8 Å². The van der Waals surface area contributed by atoms with Crippen molar-refractivity contribution >= 4 is 5.97 Å². The first-order chi connectivity index (χ1) is 12.0. The van der Waals surface area contributed by atoms with Crippen LogP contribution in [0.15, 0.2) is 36.4 Å². The smallest absolute Gasteiger partial charge is 0.311 e. The Balaban J connectivity index is 2.35. The van der Waals surface area contributed by atoms with Gasteiger partial charge in [0.1, 0.15) is 0 Å². The van der Waals surface area contributed by atoms with Gasteiger partial charge in [-0.15, -0.1) is 0 Å². The molecule has 6 heteroatoms. The minimum absolute atomic E-state index is 0.311. The third-order valence-corrected chi connectivity index (χ3v) is 4.00. The Labute approximate surface area is 146 Å². The van der Waals surface area contributed by atoms with Gasteiger partial charge in [0, 0.05) is 0 Å². The van der Waals surface area contributed by atoms with E-state index in [1.807, 2.05) is 6.07 Å². The number of carboxylic acid groups (broad SMARTS) is 1. The van der Waals surface area contributed by atoms with Gasteiger partial charge in [-0.25, -0.2) is 0 Å². The zero-order valence-electron chi connectivity index (χ0n) is 14.7. The van der Waals surface area contributed by atoms with Crippen molar-refractivity contribution in [3.8, 4) is 23.0 Å². The molecule has 0 aliphatic carbocycles. The number of carbonyl (C=O) groups is 1. The Hall–Kier alpha value is -2.89. The van der Waals surface area contributed by atoms with Crippen LogP contribution in [0.4, 0.5) is 0 Å². The lowest BCUT2D eigenvalue weighted by atomic mass is 9.91. The standard InChI is InChI=1S/C19H22O6/c1-22-15-7-5-12(10-17(15)24-3)9-14(19(20)21)13-6-8-16(23-2)18(11-13)25-4/h5-8,10-11,14H,9H2,1-4H3,(H,20,21). The largest absolute Gasteiger partial charge is 0.493 e. The molecule has 6 nitrogen and oxygen atoms in total. The highest BCUT2D eigenvalue weighted by Crippen LogP contribution is 2.34. The Morgan fingerprint density at radius 1 is 0.840 bits per heavy atom. The number of methoxy groups -OCH3 is 4. The molecule has 2 aromatic carbocycles. The van der Waals surface area contributed by atoms with E-state index in [9.17, 15) is 9.90 Å². The van der Waals surface area contributed by atoms with Gasteiger partial charge in [-0.2, -0.15) is 0 Å². The highest BCUT2D eigenvalue weighted by atomic mass is 16.5. The van der Waals surface area contributed by atoms with Crippen molar-refractivity contribution in [3.63, 3.8) is 0 Å². The quantitative estimate of drug-likeness (QED) is 0.791. The average Bonchev–Trinajstić information content (AvgIpc) is 2.64. The second-order valence-corrected chi connectivity index (χ2v) is 5.40. The number of benzene rings is 2. The minimum atomic E-state index is -0.915. The van der Waals surface area contributed by atoms with Gasteiger partial charge in [0.05, 0.1) is 34.4 Å². The van der Waals surface area contributed by atoms with Crippen molar-refractivity contribution < 1.29 is 28.8 Å². The fourth-order valence-corrected chi connectivity index (χ4v) is 2.66. The summed E-state index contributed by atoms with van der Waals surface area (Å²) in [7, 11) is 6.16. The molecule has 134 valence electrons. The van der Waals surface area contributed by atoms with E-state index >= 15 is 0 Å². The maximum Gasteiger partial charge on any atom is 0.311 e. The summed E-state index contributed by atoms with van der Waals surface area (Å²) in [5.41, 5.74) is 1.47. The molecular weight excluding hydrogens is 324 g/mol. The molecule has 0 saturated carbocycles. The summed E-state index contributed by atoms with van der Waals surface area (Å²) in [4.78, 5) is 11.8. The van der Waals surface area contributed by atoms with Gasteiger partial charge in [0.2, 0.25) is 0 Å². The van der Waals surface area contributed by atoms with Gasteiger partial charge in [0.15, 0.2) is 23.0 Å². The van der Waals surface area contributed by atoms with Crippen LogP contribution in [0.25, 0.3) is 0 Å². The molecule has 0 radical (unpaired) electrons. The first kappa shape index (κ1) is 18.4.